The fraction of sp³-hybridized carbons (Fsp3) is 0.333. The van der Waals surface area contributed by atoms with Gasteiger partial charge in [-0.1, -0.05) is 34.1 Å². The third-order valence-corrected chi connectivity index (χ3v) is 6.97. The van der Waals surface area contributed by atoms with E-state index in [0.717, 1.165) is 64.7 Å². The molecule has 0 aliphatic carbocycles. The van der Waals surface area contributed by atoms with Gasteiger partial charge in [-0.15, -0.1) is 11.3 Å². The number of aromatic nitrogens is 1. The van der Waals surface area contributed by atoms with E-state index < -0.39 is 0 Å². The van der Waals surface area contributed by atoms with Crippen molar-refractivity contribution in [3.05, 3.63) is 69.1 Å². The summed E-state index contributed by atoms with van der Waals surface area (Å²) < 4.78 is 1.00. The Hall–Kier alpha value is -2.06. The van der Waals surface area contributed by atoms with E-state index in [4.69, 9.17) is 4.98 Å². The van der Waals surface area contributed by atoms with E-state index in [2.05, 4.69) is 62.4 Å². The number of piperazine rings is 1. The molecule has 0 atom stereocenters. The zero-order valence-corrected chi connectivity index (χ0v) is 20.3. The normalized spacial score (nSPS) is 15.2. The number of aryl methyl sites for hydroxylation is 1. The standard InChI is InChI=1S/C24H27BrN4OS/c1-17-12-20(25)6-7-22(17)27-23(30)14-21-16-31-24(26-21)19-5-3-4-18(13-19)15-29-10-8-28(2)9-11-29/h3-7,12-13,16H,8-11,14-15H2,1-2H3,(H,27,30). The van der Waals surface area contributed by atoms with Gasteiger partial charge in [0.2, 0.25) is 5.91 Å². The van der Waals surface area contributed by atoms with E-state index in [1.807, 2.05) is 30.5 Å². The van der Waals surface area contributed by atoms with Crippen molar-refractivity contribution in [3.63, 3.8) is 0 Å². The number of rotatable bonds is 6. The van der Waals surface area contributed by atoms with Crippen LogP contribution in [0, 0.1) is 6.92 Å². The first-order valence-corrected chi connectivity index (χ1v) is 12.1. The SMILES string of the molecule is Cc1cc(Br)ccc1NC(=O)Cc1csc(-c2cccc(CN3CCN(C)CC3)c2)n1. The number of nitrogens with one attached hydrogen (secondary N) is 1. The van der Waals surface area contributed by atoms with Crippen LogP contribution in [0.4, 0.5) is 5.69 Å². The molecule has 3 aromatic rings. The number of benzene rings is 2. The molecule has 1 saturated heterocycles. The van der Waals surface area contributed by atoms with E-state index in [0.29, 0.717) is 0 Å². The number of carbonyl (C=O) groups excluding carboxylic acids is 1. The molecule has 162 valence electrons. The maximum Gasteiger partial charge on any atom is 0.230 e. The molecular formula is C24H27BrN4OS. The van der Waals surface area contributed by atoms with Crippen molar-refractivity contribution in [2.24, 2.45) is 0 Å². The summed E-state index contributed by atoms with van der Waals surface area (Å²) in [6, 6.07) is 14.4. The molecule has 31 heavy (non-hydrogen) atoms. The molecule has 0 radical (unpaired) electrons. The van der Waals surface area contributed by atoms with Gasteiger partial charge in [0.15, 0.2) is 0 Å². The first-order valence-electron chi connectivity index (χ1n) is 10.5. The number of carbonyl (C=O) groups is 1. The highest BCUT2D eigenvalue weighted by Crippen LogP contribution is 2.26. The summed E-state index contributed by atoms with van der Waals surface area (Å²) in [4.78, 5) is 22.1. The second-order valence-corrected chi connectivity index (χ2v) is 9.88. The van der Waals surface area contributed by atoms with Gasteiger partial charge in [-0.05, 0) is 49.4 Å². The molecule has 0 spiro atoms. The lowest BCUT2D eigenvalue weighted by Gasteiger charge is -2.32. The van der Waals surface area contributed by atoms with Crippen molar-refractivity contribution in [2.45, 2.75) is 19.9 Å². The second-order valence-electron chi connectivity index (χ2n) is 8.11. The molecule has 0 saturated carbocycles. The molecule has 1 fully saturated rings. The van der Waals surface area contributed by atoms with Gasteiger partial charge in [-0.2, -0.15) is 0 Å². The first-order chi connectivity index (χ1) is 15.0. The van der Waals surface area contributed by atoms with Gasteiger partial charge in [0.05, 0.1) is 12.1 Å². The molecule has 1 aromatic heterocycles. The summed E-state index contributed by atoms with van der Waals surface area (Å²) in [6.45, 7) is 7.41. The van der Waals surface area contributed by atoms with Crippen LogP contribution >= 0.6 is 27.3 Å². The zero-order valence-electron chi connectivity index (χ0n) is 17.9. The highest BCUT2D eigenvalue weighted by molar-refractivity contribution is 9.10. The van der Waals surface area contributed by atoms with Crippen molar-refractivity contribution >= 4 is 38.9 Å². The molecule has 1 aliphatic rings. The van der Waals surface area contributed by atoms with Crippen LogP contribution in [-0.2, 0) is 17.8 Å². The van der Waals surface area contributed by atoms with Gasteiger partial charge in [0.25, 0.3) is 0 Å². The predicted molar refractivity (Wildman–Crippen MR) is 132 cm³/mol. The number of thiazole rings is 1. The lowest BCUT2D eigenvalue weighted by atomic mass is 10.1. The van der Waals surface area contributed by atoms with Gasteiger partial charge in [-0.25, -0.2) is 4.98 Å². The number of anilines is 1. The van der Waals surface area contributed by atoms with Crippen molar-refractivity contribution in [1.29, 1.82) is 0 Å². The molecule has 1 amide bonds. The molecular weight excluding hydrogens is 472 g/mol. The van der Waals surface area contributed by atoms with Crippen LogP contribution in [-0.4, -0.2) is 53.9 Å². The lowest BCUT2D eigenvalue weighted by molar-refractivity contribution is -0.115. The van der Waals surface area contributed by atoms with Gasteiger partial charge < -0.3 is 10.2 Å². The zero-order chi connectivity index (χ0) is 21.8. The Morgan fingerprint density at radius 1 is 1.16 bits per heavy atom. The Kier molecular flexibility index (Phi) is 7.17. The molecule has 2 heterocycles. The first kappa shape index (κ1) is 22.1. The minimum absolute atomic E-state index is 0.0499. The van der Waals surface area contributed by atoms with Crippen LogP contribution < -0.4 is 5.32 Å². The predicted octanol–water partition coefficient (Wildman–Crippen LogP) is 4.81. The maximum absolute atomic E-state index is 12.5. The van der Waals surface area contributed by atoms with Crippen LogP contribution in [0.1, 0.15) is 16.8 Å². The number of amides is 1. The third kappa shape index (κ3) is 6.01. The van der Waals surface area contributed by atoms with Crippen LogP contribution in [0.3, 0.4) is 0 Å². The maximum atomic E-state index is 12.5. The average Bonchev–Trinajstić information content (AvgIpc) is 3.20. The van der Waals surface area contributed by atoms with E-state index in [1.54, 1.807) is 11.3 Å². The second kappa shape index (κ2) is 10.0. The Bertz CT molecular complexity index is 1060. The van der Waals surface area contributed by atoms with Gasteiger partial charge in [-0.3, -0.25) is 9.69 Å². The van der Waals surface area contributed by atoms with E-state index in [1.165, 1.54) is 5.56 Å². The number of hydrogen-bond donors (Lipinski definition) is 1. The monoisotopic (exact) mass is 498 g/mol. The number of nitrogens with zero attached hydrogens (tertiary/aromatic N) is 3. The van der Waals surface area contributed by atoms with Crippen molar-refractivity contribution in [1.82, 2.24) is 14.8 Å². The van der Waals surface area contributed by atoms with E-state index in [9.17, 15) is 4.79 Å². The van der Waals surface area contributed by atoms with E-state index >= 15 is 0 Å². The molecule has 0 bridgehead atoms. The summed E-state index contributed by atoms with van der Waals surface area (Å²) in [5, 5.41) is 5.93. The van der Waals surface area contributed by atoms with Crippen molar-refractivity contribution in [3.8, 4) is 10.6 Å². The molecule has 7 heteroatoms. The quantitative estimate of drug-likeness (QED) is 0.529. The van der Waals surface area contributed by atoms with Gasteiger partial charge in [0.1, 0.15) is 5.01 Å². The number of likely N-dealkylation sites (N-methyl/N-ethyl adjacent to an activating group) is 1. The van der Waals surface area contributed by atoms with E-state index in [-0.39, 0.29) is 12.3 Å². The van der Waals surface area contributed by atoms with Crippen LogP contribution in [0.15, 0.2) is 52.3 Å². The highest BCUT2D eigenvalue weighted by atomic mass is 79.9. The summed E-state index contributed by atoms with van der Waals surface area (Å²) >= 11 is 5.04. The minimum atomic E-state index is -0.0499. The van der Waals surface area contributed by atoms with Gasteiger partial charge >= 0.3 is 0 Å². The molecule has 5 nitrogen and oxygen atoms in total. The van der Waals surface area contributed by atoms with Crippen molar-refractivity contribution in [2.75, 3.05) is 38.5 Å². The summed E-state index contributed by atoms with van der Waals surface area (Å²) in [7, 11) is 2.18. The van der Waals surface area contributed by atoms with Crippen LogP contribution in [0.5, 0.6) is 0 Å². The molecule has 2 aromatic carbocycles. The summed E-state index contributed by atoms with van der Waals surface area (Å²) in [6.07, 6.45) is 0.271. The fourth-order valence-corrected chi connectivity index (χ4v) is 5.01. The average molecular weight is 499 g/mol. The molecule has 0 unspecified atom stereocenters. The minimum Gasteiger partial charge on any atom is -0.326 e. The van der Waals surface area contributed by atoms with Crippen LogP contribution in [0.25, 0.3) is 10.6 Å². The smallest absolute Gasteiger partial charge is 0.230 e. The number of hydrogen-bond acceptors (Lipinski definition) is 5. The highest BCUT2D eigenvalue weighted by Gasteiger charge is 2.15. The molecule has 1 N–H and O–H groups in total. The molecule has 1 aliphatic heterocycles. The Morgan fingerprint density at radius 2 is 1.97 bits per heavy atom. The Labute approximate surface area is 196 Å². The Balaban J connectivity index is 1.38. The fourth-order valence-electron chi connectivity index (χ4n) is 3.71. The van der Waals surface area contributed by atoms with Crippen LogP contribution in [0.2, 0.25) is 0 Å². The largest absolute Gasteiger partial charge is 0.326 e. The third-order valence-electron chi connectivity index (χ3n) is 5.53. The summed E-state index contributed by atoms with van der Waals surface area (Å²) in [5.41, 5.74) is 5.09. The topological polar surface area (TPSA) is 48.5 Å². The number of halogens is 1. The summed E-state index contributed by atoms with van der Waals surface area (Å²) in [5.74, 6) is -0.0499. The molecule has 4 rings (SSSR count). The Morgan fingerprint density at radius 3 is 2.74 bits per heavy atom. The van der Waals surface area contributed by atoms with Crippen molar-refractivity contribution < 1.29 is 4.79 Å². The van der Waals surface area contributed by atoms with Gasteiger partial charge in [0, 0.05) is 53.8 Å². The lowest BCUT2D eigenvalue weighted by Crippen LogP contribution is -2.43.